The number of rotatable bonds is 18. The van der Waals surface area contributed by atoms with Gasteiger partial charge in [0.2, 0.25) is 0 Å². The van der Waals surface area contributed by atoms with Crippen molar-refractivity contribution in [2.75, 3.05) is 25.4 Å². The van der Waals surface area contributed by atoms with E-state index in [0.717, 1.165) is 12.5 Å². The Kier molecular flexibility index (Phi) is 18.9. The van der Waals surface area contributed by atoms with Crippen molar-refractivity contribution in [2.45, 2.75) is 90.9 Å². The Labute approximate surface area is 191 Å². The van der Waals surface area contributed by atoms with Crippen LogP contribution < -0.4 is 11.1 Å². The van der Waals surface area contributed by atoms with Crippen LogP contribution in [0.15, 0.2) is 24.3 Å². The van der Waals surface area contributed by atoms with Crippen LogP contribution in [-0.4, -0.2) is 25.7 Å². The molecule has 0 bridgehead atoms. The number of unbranched alkanes of at least 4 members (excludes halogenated alkanes) is 8. The van der Waals surface area contributed by atoms with Gasteiger partial charge in [-0.1, -0.05) is 84.5 Å². The number of hydrogen-bond donors (Lipinski definition) is 2. The van der Waals surface area contributed by atoms with Gasteiger partial charge in [0, 0.05) is 12.2 Å². The van der Waals surface area contributed by atoms with Crippen molar-refractivity contribution in [3.05, 3.63) is 29.8 Å². The smallest absolute Gasteiger partial charge is 0.338 e. The van der Waals surface area contributed by atoms with Crippen LogP contribution in [0.3, 0.4) is 0 Å². The molecule has 3 N–H and O–H groups in total. The van der Waals surface area contributed by atoms with Gasteiger partial charge < -0.3 is 15.8 Å². The van der Waals surface area contributed by atoms with Gasteiger partial charge in [-0.25, -0.2) is 4.79 Å². The van der Waals surface area contributed by atoms with E-state index in [-0.39, 0.29) is 18.4 Å². The third-order valence-corrected chi connectivity index (χ3v) is 5.51. The molecule has 1 aromatic carbocycles. The molecule has 0 spiro atoms. The average Bonchev–Trinajstić information content (AvgIpc) is 2.72. The normalized spacial score (nSPS) is 11.7. The van der Waals surface area contributed by atoms with E-state index < -0.39 is 0 Å². The van der Waals surface area contributed by atoms with Crippen molar-refractivity contribution in [3.8, 4) is 0 Å². The van der Waals surface area contributed by atoms with E-state index in [2.05, 4.69) is 19.2 Å². The summed E-state index contributed by atoms with van der Waals surface area (Å²) in [5, 5.41) is 3.35. The molecule has 0 aromatic heterocycles. The van der Waals surface area contributed by atoms with Crippen LogP contribution in [0.1, 0.15) is 101 Å². The molecule has 1 atom stereocenters. The summed E-state index contributed by atoms with van der Waals surface area (Å²) in [7, 11) is 0. The second-order valence-corrected chi connectivity index (χ2v) is 8.37. The minimum Gasteiger partial charge on any atom is -0.461 e. The summed E-state index contributed by atoms with van der Waals surface area (Å²) < 4.78 is 5.25. The molecule has 5 heteroatoms. The second kappa shape index (κ2) is 19.7. The standard InChI is InChI=1S/C25H44N2O2.ClH/c1-3-4-5-10-13-22(2)14-11-8-6-7-9-12-19-27-20-21-29-25(28)23-15-17-24(26)18-16-23;/h15-18,22,27H,3-14,19-21,26H2,1-2H3;1H. The zero-order chi connectivity index (χ0) is 21.2. The van der Waals surface area contributed by atoms with Gasteiger partial charge >= 0.3 is 5.97 Å². The Bertz CT molecular complexity index is 522. The number of nitrogens with one attached hydrogen (secondary N) is 1. The molecule has 0 saturated carbocycles. The molecule has 0 aliphatic heterocycles. The van der Waals surface area contributed by atoms with Crippen LogP contribution in [0.2, 0.25) is 0 Å². The summed E-state index contributed by atoms with van der Waals surface area (Å²) in [6.07, 6.45) is 16.3. The number of halogens is 1. The van der Waals surface area contributed by atoms with E-state index in [1.165, 1.54) is 77.0 Å². The van der Waals surface area contributed by atoms with Gasteiger partial charge in [0.15, 0.2) is 0 Å². The van der Waals surface area contributed by atoms with Crippen molar-refractivity contribution in [3.63, 3.8) is 0 Å². The van der Waals surface area contributed by atoms with E-state index in [4.69, 9.17) is 10.5 Å². The maximum Gasteiger partial charge on any atom is 0.338 e. The van der Waals surface area contributed by atoms with Gasteiger partial charge in [0.05, 0.1) is 5.56 Å². The monoisotopic (exact) mass is 440 g/mol. The average molecular weight is 441 g/mol. The molecule has 4 nitrogen and oxygen atoms in total. The maximum atomic E-state index is 11.8. The van der Waals surface area contributed by atoms with Gasteiger partial charge in [-0.15, -0.1) is 12.4 Å². The van der Waals surface area contributed by atoms with Gasteiger partial charge in [-0.2, -0.15) is 0 Å². The maximum absolute atomic E-state index is 11.8. The molecular weight excluding hydrogens is 396 g/mol. The first-order valence-electron chi connectivity index (χ1n) is 11.9. The molecule has 174 valence electrons. The highest BCUT2D eigenvalue weighted by Gasteiger charge is 2.06. The lowest BCUT2D eigenvalue weighted by molar-refractivity contribution is 0.0508. The lowest BCUT2D eigenvalue weighted by Crippen LogP contribution is -2.22. The summed E-state index contributed by atoms with van der Waals surface area (Å²) in [6.45, 7) is 6.80. The minimum absolute atomic E-state index is 0. The number of hydrogen-bond acceptors (Lipinski definition) is 4. The quantitative estimate of drug-likeness (QED) is 0.150. The van der Waals surface area contributed by atoms with Crippen LogP contribution in [-0.2, 0) is 4.74 Å². The number of benzene rings is 1. The molecule has 30 heavy (non-hydrogen) atoms. The predicted molar refractivity (Wildman–Crippen MR) is 131 cm³/mol. The molecule has 0 radical (unpaired) electrons. The number of esters is 1. The fraction of sp³-hybridized carbons (Fsp3) is 0.720. The molecule has 0 fully saturated rings. The number of nitrogens with two attached hydrogens (primary N) is 1. The molecule has 1 aromatic rings. The van der Waals surface area contributed by atoms with Crippen molar-refractivity contribution in [1.29, 1.82) is 0 Å². The summed E-state index contributed by atoms with van der Waals surface area (Å²) in [4.78, 5) is 11.8. The molecule has 1 rings (SSSR count). The van der Waals surface area contributed by atoms with Crippen molar-refractivity contribution >= 4 is 24.1 Å². The number of anilines is 1. The zero-order valence-corrected chi connectivity index (χ0v) is 20.1. The number of ether oxygens (including phenoxy) is 1. The van der Waals surface area contributed by atoms with Crippen LogP contribution >= 0.6 is 12.4 Å². The van der Waals surface area contributed by atoms with Crippen LogP contribution in [0.4, 0.5) is 5.69 Å². The SMILES string of the molecule is CCCCCCC(C)CCCCCCCCNCCOC(=O)c1ccc(N)cc1.Cl. The Morgan fingerprint density at radius 1 is 0.900 bits per heavy atom. The van der Waals surface area contributed by atoms with Crippen molar-refractivity contribution < 1.29 is 9.53 Å². The van der Waals surface area contributed by atoms with Crippen LogP contribution in [0.25, 0.3) is 0 Å². The first kappa shape index (κ1) is 28.7. The molecule has 0 saturated heterocycles. The van der Waals surface area contributed by atoms with E-state index in [1.807, 2.05) is 0 Å². The lowest BCUT2D eigenvalue weighted by atomic mass is 9.96. The fourth-order valence-electron chi connectivity index (χ4n) is 3.56. The minimum atomic E-state index is -0.290. The fourth-order valence-corrected chi connectivity index (χ4v) is 3.56. The topological polar surface area (TPSA) is 64.3 Å². The van der Waals surface area contributed by atoms with Gasteiger partial charge in [0.25, 0.3) is 0 Å². The van der Waals surface area contributed by atoms with Gasteiger partial charge in [-0.05, 0) is 43.1 Å². The van der Waals surface area contributed by atoms with Crippen LogP contribution in [0, 0.1) is 5.92 Å². The van der Waals surface area contributed by atoms with E-state index in [0.29, 0.717) is 24.4 Å². The highest BCUT2D eigenvalue weighted by atomic mass is 35.5. The number of carbonyl (C=O) groups excluding carboxylic acids is 1. The van der Waals surface area contributed by atoms with Crippen molar-refractivity contribution in [2.24, 2.45) is 5.92 Å². The summed E-state index contributed by atoms with van der Waals surface area (Å²) in [5.41, 5.74) is 6.81. The summed E-state index contributed by atoms with van der Waals surface area (Å²) >= 11 is 0. The predicted octanol–water partition coefficient (Wildman–Crippen LogP) is 6.77. The first-order chi connectivity index (χ1) is 14.1. The third-order valence-electron chi connectivity index (χ3n) is 5.51. The van der Waals surface area contributed by atoms with Crippen LogP contribution in [0.5, 0.6) is 0 Å². The Morgan fingerprint density at radius 2 is 1.47 bits per heavy atom. The molecule has 0 heterocycles. The molecule has 0 amide bonds. The highest BCUT2D eigenvalue weighted by molar-refractivity contribution is 5.89. The zero-order valence-electron chi connectivity index (χ0n) is 19.3. The van der Waals surface area contributed by atoms with Crippen molar-refractivity contribution in [1.82, 2.24) is 5.32 Å². The number of carbonyl (C=O) groups is 1. The lowest BCUT2D eigenvalue weighted by Gasteiger charge is -2.11. The number of nitrogen functional groups attached to an aromatic ring is 1. The summed E-state index contributed by atoms with van der Waals surface area (Å²) in [5.74, 6) is 0.618. The Morgan fingerprint density at radius 3 is 2.10 bits per heavy atom. The molecule has 0 aliphatic carbocycles. The van der Waals surface area contributed by atoms with Gasteiger partial charge in [-0.3, -0.25) is 0 Å². The van der Waals surface area contributed by atoms with E-state index in [1.54, 1.807) is 24.3 Å². The highest BCUT2D eigenvalue weighted by Crippen LogP contribution is 2.17. The van der Waals surface area contributed by atoms with E-state index >= 15 is 0 Å². The Balaban J connectivity index is 0.00000841. The molecule has 1 unspecified atom stereocenters. The molecular formula is C25H45ClN2O2. The molecule has 0 aliphatic rings. The largest absolute Gasteiger partial charge is 0.461 e. The third kappa shape index (κ3) is 15.6. The van der Waals surface area contributed by atoms with E-state index in [9.17, 15) is 4.79 Å². The van der Waals surface area contributed by atoms with Gasteiger partial charge in [0.1, 0.15) is 6.61 Å². The second-order valence-electron chi connectivity index (χ2n) is 8.37. The Hall–Kier alpha value is -1.26. The first-order valence-corrected chi connectivity index (χ1v) is 11.9. The summed E-state index contributed by atoms with van der Waals surface area (Å²) in [6, 6.07) is 6.81.